The highest BCUT2D eigenvalue weighted by molar-refractivity contribution is 5.56. The Balaban J connectivity index is 1.78. The molecule has 0 unspecified atom stereocenters. The van der Waals surface area contributed by atoms with Gasteiger partial charge in [0.05, 0.1) is 18.8 Å². The minimum atomic E-state index is -4.38. The third kappa shape index (κ3) is 3.89. The summed E-state index contributed by atoms with van der Waals surface area (Å²) >= 11 is 0. The zero-order chi connectivity index (χ0) is 16.3. The second kappa shape index (κ2) is 6.41. The van der Waals surface area contributed by atoms with Crippen LogP contribution in [0.4, 0.5) is 30.6 Å². The van der Waals surface area contributed by atoms with Crippen LogP contribution >= 0.6 is 0 Å². The fourth-order valence-electron chi connectivity index (χ4n) is 2.28. The average Bonchev–Trinajstić information content (AvgIpc) is 2.55. The van der Waals surface area contributed by atoms with Gasteiger partial charge < -0.3 is 15.0 Å². The number of morpholine rings is 1. The lowest BCUT2D eigenvalue weighted by Crippen LogP contribution is -2.36. The molecule has 23 heavy (non-hydrogen) atoms. The summed E-state index contributed by atoms with van der Waals surface area (Å²) in [5, 5.41) is 2.82. The molecule has 3 rings (SSSR count). The van der Waals surface area contributed by atoms with Gasteiger partial charge in [0.25, 0.3) is 0 Å². The third-order valence-electron chi connectivity index (χ3n) is 3.42. The number of nitrogens with zero attached hydrogens (tertiary/aromatic N) is 3. The molecule has 1 saturated heterocycles. The first-order chi connectivity index (χ1) is 11.0. The molecule has 1 aliphatic rings. The highest BCUT2D eigenvalue weighted by atomic mass is 19.4. The first kappa shape index (κ1) is 15.5. The van der Waals surface area contributed by atoms with Crippen molar-refractivity contribution in [1.29, 1.82) is 0 Å². The zero-order valence-corrected chi connectivity index (χ0v) is 12.2. The lowest BCUT2D eigenvalue weighted by molar-refractivity contribution is -0.137. The van der Waals surface area contributed by atoms with Crippen LogP contribution in [0.15, 0.2) is 36.5 Å². The Bertz CT molecular complexity index is 672. The van der Waals surface area contributed by atoms with E-state index in [1.165, 1.54) is 6.07 Å². The van der Waals surface area contributed by atoms with E-state index in [2.05, 4.69) is 15.3 Å². The van der Waals surface area contributed by atoms with Crippen LogP contribution < -0.4 is 10.2 Å². The van der Waals surface area contributed by atoms with Gasteiger partial charge in [0.1, 0.15) is 5.82 Å². The number of halogens is 3. The number of rotatable bonds is 3. The van der Waals surface area contributed by atoms with Crippen molar-refractivity contribution in [2.45, 2.75) is 6.18 Å². The summed E-state index contributed by atoms with van der Waals surface area (Å²) in [7, 11) is 0. The number of aromatic nitrogens is 2. The van der Waals surface area contributed by atoms with Gasteiger partial charge in [0, 0.05) is 25.0 Å². The Hall–Kier alpha value is -2.35. The van der Waals surface area contributed by atoms with Gasteiger partial charge in [-0.25, -0.2) is 4.98 Å². The summed E-state index contributed by atoms with van der Waals surface area (Å²) in [6.45, 7) is 2.70. The summed E-state index contributed by atoms with van der Waals surface area (Å²) in [4.78, 5) is 10.5. The standard InChI is InChI=1S/C15H15F3N4O/c16-15(17,18)11-2-1-3-12(10-11)20-14-19-5-4-13(21-14)22-6-8-23-9-7-22/h1-5,10H,6-9H2,(H,19,20,21). The van der Waals surface area contributed by atoms with E-state index >= 15 is 0 Å². The molecule has 0 bridgehead atoms. The van der Waals surface area contributed by atoms with Crippen LogP contribution in [-0.4, -0.2) is 36.3 Å². The third-order valence-corrected chi connectivity index (χ3v) is 3.42. The minimum absolute atomic E-state index is 0.258. The maximum atomic E-state index is 12.7. The average molecular weight is 324 g/mol. The molecule has 0 atom stereocenters. The van der Waals surface area contributed by atoms with Crippen LogP contribution in [0, 0.1) is 0 Å². The summed E-state index contributed by atoms with van der Waals surface area (Å²) in [5.74, 6) is 0.978. The lowest BCUT2D eigenvalue weighted by atomic mass is 10.2. The van der Waals surface area contributed by atoms with E-state index in [1.807, 2.05) is 4.90 Å². The Morgan fingerprint density at radius 3 is 2.65 bits per heavy atom. The molecule has 1 aromatic carbocycles. The Morgan fingerprint density at radius 1 is 1.13 bits per heavy atom. The monoisotopic (exact) mass is 324 g/mol. The van der Waals surface area contributed by atoms with Crippen molar-refractivity contribution in [1.82, 2.24) is 9.97 Å². The highest BCUT2D eigenvalue weighted by Crippen LogP contribution is 2.31. The number of hydrogen-bond acceptors (Lipinski definition) is 5. The molecular weight excluding hydrogens is 309 g/mol. The van der Waals surface area contributed by atoms with E-state index in [9.17, 15) is 13.2 Å². The van der Waals surface area contributed by atoms with E-state index in [0.29, 0.717) is 18.9 Å². The molecule has 122 valence electrons. The van der Waals surface area contributed by atoms with Crippen LogP contribution in [0.25, 0.3) is 0 Å². The molecule has 0 aliphatic carbocycles. The second-order valence-corrected chi connectivity index (χ2v) is 5.04. The number of alkyl halides is 3. The number of benzene rings is 1. The van der Waals surface area contributed by atoms with Crippen molar-refractivity contribution in [2.75, 3.05) is 36.5 Å². The molecule has 5 nitrogen and oxygen atoms in total. The summed E-state index contributed by atoms with van der Waals surface area (Å²) < 4.78 is 43.5. The van der Waals surface area contributed by atoms with Gasteiger partial charge in [-0.1, -0.05) is 6.07 Å². The molecule has 0 radical (unpaired) electrons. The fraction of sp³-hybridized carbons (Fsp3) is 0.333. The SMILES string of the molecule is FC(F)(F)c1cccc(Nc2nccc(N3CCOCC3)n2)c1. The Kier molecular flexibility index (Phi) is 4.33. The van der Waals surface area contributed by atoms with Crippen molar-refractivity contribution >= 4 is 17.5 Å². The minimum Gasteiger partial charge on any atom is -0.378 e. The highest BCUT2D eigenvalue weighted by Gasteiger charge is 2.30. The van der Waals surface area contributed by atoms with E-state index in [1.54, 1.807) is 18.3 Å². The van der Waals surface area contributed by atoms with Crippen molar-refractivity contribution in [3.8, 4) is 0 Å². The predicted octanol–water partition coefficient (Wildman–Crippen LogP) is 3.08. The van der Waals surface area contributed by atoms with Gasteiger partial charge in [-0.05, 0) is 24.3 Å². The number of nitrogens with one attached hydrogen (secondary N) is 1. The number of hydrogen-bond donors (Lipinski definition) is 1. The molecule has 8 heteroatoms. The molecule has 1 aliphatic heterocycles. The van der Waals surface area contributed by atoms with Gasteiger partial charge in [0.15, 0.2) is 0 Å². The van der Waals surface area contributed by atoms with Crippen molar-refractivity contribution in [3.63, 3.8) is 0 Å². The van der Waals surface area contributed by atoms with Crippen LogP contribution in [0.1, 0.15) is 5.56 Å². The molecular formula is C15H15F3N4O. The topological polar surface area (TPSA) is 50.3 Å². The molecule has 2 aromatic rings. The van der Waals surface area contributed by atoms with Crippen LogP contribution in [0.2, 0.25) is 0 Å². The van der Waals surface area contributed by atoms with Crippen LogP contribution in [0.3, 0.4) is 0 Å². The molecule has 1 N–H and O–H groups in total. The van der Waals surface area contributed by atoms with E-state index in [4.69, 9.17) is 4.74 Å². The number of ether oxygens (including phenoxy) is 1. The van der Waals surface area contributed by atoms with Gasteiger partial charge in [0.2, 0.25) is 5.95 Å². The maximum Gasteiger partial charge on any atom is 0.416 e. The molecule has 1 fully saturated rings. The van der Waals surface area contributed by atoms with Gasteiger partial charge >= 0.3 is 6.18 Å². The second-order valence-electron chi connectivity index (χ2n) is 5.04. The van der Waals surface area contributed by atoms with Crippen molar-refractivity contribution in [2.24, 2.45) is 0 Å². The Morgan fingerprint density at radius 2 is 1.91 bits per heavy atom. The summed E-state index contributed by atoms with van der Waals surface area (Å²) in [5.41, 5.74) is -0.425. The molecule has 0 saturated carbocycles. The van der Waals surface area contributed by atoms with Crippen molar-refractivity contribution < 1.29 is 17.9 Å². The van der Waals surface area contributed by atoms with Crippen LogP contribution in [-0.2, 0) is 10.9 Å². The van der Waals surface area contributed by atoms with Gasteiger partial charge in [-0.15, -0.1) is 0 Å². The van der Waals surface area contributed by atoms with Gasteiger partial charge in [-0.3, -0.25) is 0 Å². The quantitative estimate of drug-likeness (QED) is 0.940. The van der Waals surface area contributed by atoms with Crippen LogP contribution in [0.5, 0.6) is 0 Å². The van der Waals surface area contributed by atoms with Crippen molar-refractivity contribution in [3.05, 3.63) is 42.1 Å². The summed E-state index contributed by atoms with van der Waals surface area (Å²) in [6, 6.07) is 6.71. The van der Waals surface area contributed by atoms with E-state index in [0.717, 1.165) is 31.0 Å². The van der Waals surface area contributed by atoms with Gasteiger partial charge in [-0.2, -0.15) is 18.2 Å². The zero-order valence-electron chi connectivity index (χ0n) is 12.2. The molecule has 1 aromatic heterocycles. The number of anilines is 3. The molecule has 0 amide bonds. The Labute approximate surface area is 131 Å². The van der Waals surface area contributed by atoms with E-state index < -0.39 is 11.7 Å². The molecule has 2 heterocycles. The predicted molar refractivity (Wildman–Crippen MR) is 79.8 cm³/mol. The normalized spacial score (nSPS) is 15.5. The molecule has 0 spiro atoms. The maximum absolute atomic E-state index is 12.7. The largest absolute Gasteiger partial charge is 0.416 e. The first-order valence-corrected chi connectivity index (χ1v) is 7.12. The summed E-state index contributed by atoms with van der Waals surface area (Å²) in [6.07, 6.45) is -2.80. The van der Waals surface area contributed by atoms with E-state index in [-0.39, 0.29) is 5.95 Å². The lowest BCUT2D eigenvalue weighted by Gasteiger charge is -2.27. The fourth-order valence-corrected chi connectivity index (χ4v) is 2.28. The first-order valence-electron chi connectivity index (χ1n) is 7.12. The smallest absolute Gasteiger partial charge is 0.378 e.